The average Bonchev–Trinajstić information content (AvgIpc) is 2.99. The SMILES string of the molecule is CC(C)n1c(=O)c(C(=O)NC2C[C@@H]3CC[C@@H](C2)N3C[C@@H](O)CN(C)S(C)(=O)=O)cc2ccccc21.Cl. The third kappa shape index (κ3) is 5.94. The number of hydrogen-bond acceptors (Lipinski definition) is 6. The number of likely N-dealkylation sites (N-methyl/N-ethyl adjacent to an activating group) is 1. The minimum Gasteiger partial charge on any atom is -0.390 e. The van der Waals surface area contributed by atoms with Gasteiger partial charge >= 0.3 is 0 Å². The molecular weight excluding hydrogens is 504 g/mol. The Hall–Kier alpha value is -1.98. The van der Waals surface area contributed by atoms with Crippen molar-refractivity contribution in [3.8, 4) is 0 Å². The molecule has 4 rings (SSSR count). The summed E-state index contributed by atoms with van der Waals surface area (Å²) in [5, 5.41) is 14.5. The van der Waals surface area contributed by atoms with Crippen molar-refractivity contribution in [2.45, 2.75) is 69.8 Å². The van der Waals surface area contributed by atoms with Gasteiger partial charge in [0.05, 0.1) is 17.9 Å². The number of halogens is 1. The number of benzene rings is 1. The molecule has 0 saturated carbocycles. The van der Waals surface area contributed by atoms with E-state index < -0.39 is 16.1 Å². The van der Waals surface area contributed by atoms with Gasteiger partial charge in [0.2, 0.25) is 10.0 Å². The molecule has 0 unspecified atom stereocenters. The average molecular weight is 541 g/mol. The standard InChI is InChI=1S/C25H36N4O5S.ClH/c1-16(2)29-23-8-6-5-7-17(23)11-22(25(29)32)24(31)26-18-12-19-9-10-20(13-18)28(19)15-21(30)14-27(3)35(4,33)34;/h5-8,11,16,18-21,30H,9-10,12-15H2,1-4H3,(H,26,31);1H/t19-,20-,21-;/m0./s1. The number of nitrogens with zero attached hydrogens (tertiary/aromatic N) is 3. The Morgan fingerprint density at radius 3 is 2.39 bits per heavy atom. The van der Waals surface area contributed by atoms with Crippen molar-refractivity contribution in [1.29, 1.82) is 0 Å². The molecular formula is C25H37ClN4O5S. The number of aliphatic hydroxyl groups excluding tert-OH is 1. The van der Waals surface area contributed by atoms with Gasteiger partial charge in [-0.1, -0.05) is 18.2 Å². The first-order valence-corrected chi connectivity index (χ1v) is 14.1. The van der Waals surface area contributed by atoms with Crippen molar-refractivity contribution >= 4 is 39.2 Å². The van der Waals surface area contributed by atoms with E-state index in [4.69, 9.17) is 0 Å². The summed E-state index contributed by atoms with van der Waals surface area (Å²) in [6.07, 6.45) is 3.77. The summed E-state index contributed by atoms with van der Waals surface area (Å²) in [7, 11) is -1.88. The van der Waals surface area contributed by atoms with Crippen LogP contribution in [0.4, 0.5) is 0 Å². The summed E-state index contributed by atoms with van der Waals surface area (Å²) in [5.74, 6) is -0.345. The van der Waals surface area contributed by atoms with E-state index in [0.29, 0.717) is 6.54 Å². The number of aliphatic hydroxyl groups is 1. The highest BCUT2D eigenvalue weighted by molar-refractivity contribution is 7.88. The zero-order valence-electron chi connectivity index (χ0n) is 21.3. The zero-order chi connectivity index (χ0) is 25.5. The second kappa shape index (κ2) is 11.2. The summed E-state index contributed by atoms with van der Waals surface area (Å²) in [6.45, 7) is 4.33. The van der Waals surface area contributed by atoms with Crippen molar-refractivity contribution in [2.75, 3.05) is 26.4 Å². The lowest BCUT2D eigenvalue weighted by Crippen LogP contribution is -2.53. The molecule has 9 nitrogen and oxygen atoms in total. The molecule has 11 heteroatoms. The second-order valence-electron chi connectivity index (χ2n) is 10.3. The Kier molecular flexibility index (Phi) is 8.88. The third-order valence-electron chi connectivity index (χ3n) is 7.38. The molecule has 1 aromatic heterocycles. The van der Waals surface area contributed by atoms with E-state index >= 15 is 0 Å². The quantitative estimate of drug-likeness (QED) is 0.529. The third-order valence-corrected chi connectivity index (χ3v) is 8.66. The van der Waals surface area contributed by atoms with Gasteiger partial charge in [-0.25, -0.2) is 12.7 Å². The fourth-order valence-corrected chi connectivity index (χ4v) is 6.09. The van der Waals surface area contributed by atoms with E-state index in [1.807, 2.05) is 38.1 Å². The monoisotopic (exact) mass is 540 g/mol. The number of rotatable bonds is 8. The van der Waals surface area contributed by atoms with Gasteiger partial charge in [-0.3, -0.25) is 14.5 Å². The number of carbonyl (C=O) groups excluding carboxylic acids is 1. The number of nitrogens with one attached hydrogen (secondary N) is 1. The number of amides is 1. The topological polar surface area (TPSA) is 112 Å². The van der Waals surface area contributed by atoms with Gasteiger partial charge in [0, 0.05) is 44.3 Å². The normalized spacial score (nSPS) is 23.1. The number of fused-ring (bicyclic) bond motifs is 3. The zero-order valence-corrected chi connectivity index (χ0v) is 22.9. The molecule has 2 aliphatic rings. The molecule has 1 aromatic carbocycles. The molecule has 1 amide bonds. The predicted octanol–water partition coefficient (Wildman–Crippen LogP) is 1.98. The van der Waals surface area contributed by atoms with Crippen molar-refractivity contribution in [3.63, 3.8) is 0 Å². The number of para-hydroxylation sites is 1. The summed E-state index contributed by atoms with van der Waals surface area (Å²) < 4.78 is 26.1. The molecule has 0 spiro atoms. The molecule has 3 heterocycles. The molecule has 0 radical (unpaired) electrons. The van der Waals surface area contributed by atoms with Crippen molar-refractivity contribution in [2.24, 2.45) is 0 Å². The summed E-state index contributed by atoms with van der Waals surface area (Å²) in [4.78, 5) is 28.7. The smallest absolute Gasteiger partial charge is 0.264 e. The molecule has 2 N–H and O–H groups in total. The van der Waals surface area contributed by atoms with Crippen LogP contribution in [0.25, 0.3) is 10.9 Å². The molecule has 2 saturated heterocycles. The Bertz CT molecular complexity index is 1250. The summed E-state index contributed by atoms with van der Waals surface area (Å²) in [6, 6.07) is 9.57. The Labute approximate surface area is 218 Å². The van der Waals surface area contributed by atoms with Crippen molar-refractivity contribution < 1.29 is 18.3 Å². The van der Waals surface area contributed by atoms with Crippen LogP contribution in [0, 0.1) is 0 Å². The Morgan fingerprint density at radius 2 is 1.81 bits per heavy atom. The highest BCUT2D eigenvalue weighted by Gasteiger charge is 2.42. The largest absolute Gasteiger partial charge is 0.390 e. The molecule has 0 aliphatic carbocycles. The van der Waals surface area contributed by atoms with Crippen LogP contribution in [0.3, 0.4) is 0 Å². The first kappa shape index (κ1) is 28.6. The second-order valence-corrected chi connectivity index (χ2v) is 12.4. The van der Waals surface area contributed by atoms with Gasteiger partial charge in [-0.05, 0) is 57.0 Å². The number of sulfonamides is 1. The van der Waals surface area contributed by atoms with Crippen LogP contribution in [0.15, 0.2) is 35.1 Å². The molecule has 2 aliphatic heterocycles. The highest BCUT2D eigenvalue weighted by atomic mass is 35.5. The minimum atomic E-state index is -3.34. The van der Waals surface area contributed by atoms with E-state index in [2.05, 4.69) is 10.2 Å². The van der Waals surface area contributed by atoms with E-state index in [1.54, 1.807) is 10.6 Å². The lowest BCUT2D eigenvalue weighted by Gasteiger charge is -2.40. The maximum atomic E-state index is 13.2. The number of pyridine rings is 1. The molecule has 2 bridgehead atoms. The first-order chi connectivity index (χ1) is 16.5. The lowest BCUT2D eigenvalue weighted by molar-refractivity contribution is 0.0448. The van der Waals surface area contributed by atoms with Crippen LogP contribution in [-0.2, 0) is 10.0 Å². The maximum absolute atomic E-state index is 13.2. The summed E-state index contributed by atoms with van der Waals surface area (Å²) in [5.41, 5.74) is 0.691. The van der Waals surface area contributed by atoms with E-state index in [0.717, 1.165) is 42.8 Å². The molecule has 2 aromatic rings. The lowest BCUT2D eigenvalue weighted by atomic mass is 9.96. The van der Waals surface area contributed by atoms with Gasteiger partial charge in [0.25, 0.3) is 11.5 Å². The van der Waals surface area contributed by atoms with Gasteiger partial charge < -0.3 is 15.0 Å². The summed E-state index contributed by atoms with van der Waals surface area (Å²) >= 11 is 0. The van der Waals surface area contributed by atoms with Crippen LogP contribution in [0.1, 0.15) is 55.9 Å². The van der Waals surface area contributed by atoms with Gasteiger partial charge in [-0.15, -0.1) is 12.4 Å². The first-order valence-electron chi connectivity index (χ1n) is 12.3. The fraction of sp³-hybridized carbons (Fsp3) is 0.600. The van der Waals surface area contributed by atoms with Gasteiger partial charge in [0.15, 0.2) is 0 Å². The van der Waals surface area contributed by atoms with Crippen LogP contribution in [0.2, 0.25) is 0 Å². The van der Waals surface area contributed by atoms with Crippen molar-refractivity contribution in [3.05, 3.63) is 46.2 Å². The van der Waals surface area contributed by atoms with Crippen LogP contribution in [0.5, 0.6) is 0 Å². The van der Waals surface area contributed by atoms with E-state index in [-0.39, 0.29) is 60.1 Å². The van der Waals surface area contributed by atoms with E-state index in [1.165, 1.54) is 11.4 Å². The number of carbonyl (C=O) groups is 1. The van der Waals surface area contributed by atoms with Crippen LogP contribution in [-0.4, -0.2) is 83.8 Å². The number of hydrogen-bond donors (Lipinski definition) is 2. The van der Waals surface area contributed by atoms with Crippen LogP contribution < -0.4 is 10.9 Å². The Balaban J connectivity index is 0.00000361. The highest BCUT2D eigenvalue weighted by Crippen LogP contribution is 2.36. The number of aromatic nitrogens is 1. The predicted molar refractivity (Wildman–Crippen MR) is 143 cm³/mol. The van der Waals surface area contributed by atoms with E-state index in [9.17, 15) is 23.1 Å². The van der Waals surface area contributed by atoms with Gasteiger partial charge in [0.1, 0.15) is 5.56 Å². The molecule has 200 valence electrons. The van der Waals surface area contributed by atoms with Gasteiger partial charge in [-0.2, -0.15) is 0 Å². The molecule has 3 atom stereocenters. The molecule has 36 heavy (non-hydrogen) atoms. The Morgan fingerprint density at radius 1 is 1.19 bits per heavy atom. The van der Waals surface area contributed by atoms with Crippen molar-refractivity contribution in [1.82, 2.24) is 19.1 Å². The maximum Gasteiger partial charge on any atom is 0.264 e. The fourth-order valence-electron chi connectivity index (χ4n) is 5.65. The molecule has 2 fully saturated rings. The minimum absolute atomic E-state index is 0. The van der Waals surface area contributed by atoms with Crippen LogP contribution >= 0.6 is 12.4 Å². The number of piperidine rings is 1.